The van der Waals surface area contributed by atoms with Crippen LogP contribution >= 0.6 is 0 Å². The summed E-state index contributed by atoms with van der Waals surface area (Å²) in [5.41, 5.74) is 1.61. The summed E-state index contributed by atoms with van der Waals surface area (Å²) >= 11 is 0. The molecule has 19 heavy (non-hydrogen) atoms. The van der Waals surface area contributed by atoms with Crippen molar-refractivity contribution in [2.45, 2.75) is 6.92 Å². The lowest BCUT2D eigenvalue weighted by Crippen LogP contribution is -2.23. The standard InChI is InChI=1S/C15H13NO3/c1-10-7-8-12(9-13(10)15(18)19)16-14(17)11-5-3-2-4-6-11/h2-9H,1H3,(H,16,17)(H,18,19)/p-1. The van der Waals surface area contributed by atoms with Gasteiger partial charge in [-0.15, -0.1) is 0 Å². The van der Waals surface area contributed by atoms with E-state index in [4.69, 9.17) is 0 Å². The third-order valence-electron chi connectivity index (χ3n) is 2.75. The minimum Gasteiger partial charge on any atom is -0.545 e. The van der Waals surface area contributed by atoms with Crippen molar-refractivity contribution >= 4 is 17.6 Å². The molecule has 0 saturated heterocycles. The van der Waals surface area contributed by atoms with E-state index in [1.54, 1.807) is 43.3 Å². The Labute approximate surface area is 110 Å². The molecule has 0 aliphatic carbocycles. The Kier molecular flexibility index (Phi) is 3.61. The van der Waals surface area contributed by atoms with Gasteiger partial charge in [-0.25, -0.2) is 0 Å². The zero-order valence-corrected chi connectivity index (χ0v) is 10.3. The number of benzene rings is 2. The summed E-state index contributed by atoms with van der Waals surface area (Å²) in [6.07, 6.45) is 0. The summed E-state index contributed by atoms with van der Waals surface area (Å²) in [4.78, 5) is 22.8. The van der Waals surface area contributed by atoms with Crippen LogP contribution in [0.15, 0.2) is 48.5 Å². The van der Waals surface area contributed by atoms with E-state index in [9.17, 15) is 14.7 Å². The van der Waals surface area contributed by atoms with Crippen LogP contribution in [0.2, 0.25) is 0 Å². The predicted octanol–water partition coefficient (Wildman–Crippen LogP) is 1.61. The normalized spacial score (nSPS) is 9.95. The average Bonchev–Trinajstić information content (AvgIpc) is 2.41. The molecular weight excluding hydrogens is 242 g/mol. The van der Waals surface area contributed by atoms with Gasteiger partial charge in [0, 0.05) is 16.8 Å². The Morgan fingerprint density at radius 2 is 1.74 bits per heavy atom. The molecule has 4 heteroatoms. The number of aromatic carboxylic acids is 1. The Balaban J connectivity index is 2.23. The molecule has 1 amide bonds. The number of aryl methyl sites for hydroxylation is 1. The lowest BCUT2D eigenvalue weighted by atomic mass is 10.1. The highest BCUT2D eigenvalue weighted by molar-refractivity contribution is 6.04. The highest BCUT2D eigenvalue weighted by Crippen LogP contribution is 2.15. The molecule has 0 heterocycles. The summed E-state index contributed by atoms with van der Waals surface area (Å²) < 4.78 is 0. The Morgan fingerprint density at radius 3 is 2.37 bits per heavy atom. The van der Waals surface area contributed by atoms with E-state index in [1.807, 2.05) is 6.07 Å². The topological polar surface area (TPSA) is 69.2 Å². The first-order chi connectivity index (χ1) is 9.08. The summed E-state index contributed by atoms with van der Waals surface area (Å²) in [5.74, 6) is -1.54. The molecule has 0 saturated carbocycles. The van der Waals surface area contributed by atoms with Gasteiger partial charge in [0.2, 0.25) is 0 Å². The van der Waals surface area contributed by atoms with Gasteiger partial charge in [-0.05, 0) is 36.8 Å². The zero-order valence-electron chi connectivity index (χ0n) is 10.3. The fourth-order valence-electron chi connectivity index (χ4n) is 1.71. The fraction of sp³-hybridized carbons (Fsp3) is 0.0667. The summed E-state index contributed by atoms with van der Waals surface area (Å²) in [5, 5.41) is 13.6. The maximum absolute atomic E-state index is 11.9. The van der Waals surface area contributed by atoms with Gasteiger partial charge in [0.15, 0.2) is 0 Å². The van der Waals surface area contributed by atoms with Crippen molar-refractivity contribution in [2.75, 3.05) is 5.32 Å². The number of nitrogens with one attached hydrogen (secondary N) is 1. The molecule has 0 unspecified atom stereocenters. The average molecular weight is 254 g/mol. The number of anilines is 1. The molecule has 4 nitrogen and oxygen atoms in total. The number of carboxylic acids is 1. The van der Waals surface area contributed by atoms with Crippen molar-refractivity contribution in [3.05, 3.63) is 65.2 Å². The number of carbonyl (C=O) groups is 2. The summed E-state index contributed by atoms with van der Waals surface area (Å²) in [6.45, 7) is 1.67. The van der Waals surface area contributed by atoms with Crippen LogP contribution in [0, 0.1) is 6.92 Å². The number of hydrogen-bond donors (Lipinski definition) is 1. The van der Waals surface area contributed by atoms with E-state index in [2.05, 4.69) is 5.32 Å². The molecule has 0 spiro atoms. The van der Waals surface area contributed by atoms with Crippen LogP contribution < -0.4 is 10.4 Å². The van der Waals surface area contributed by atoms with Gasteiger partial charge in [0.25, 0.3) is 5.91 Å². The highest BCUT2D eigenvalue weighted by Gasteiger charge is 2.07. The Morgan fingerprint density at radius 1 is 1.05 bits per heavy atom. The van der Waals surface area contributed by atoms with E-state index in [0.717, 1.165) is 0 Å². The van der Waals surface area contributed by atoms with Gasteiger partial charge in [-0.3, -0.25) is 4.79 Å². The van der Waals surface area contributed by atoms with E-state index in [0.29, 0.717) is 16.8 Å². The largest absolute Gasteiger partial charge is 0.545 e. The van der Waals surface area contributed by atoms with Crippen molar-refractivity contribution in [2.24, 2.45) is 0 Å². The van der Waals surface area contributed by atoms with E-state index >= 15 is 0 Å². The first-order valence-corrected chi connectivity index (χ1v) is 5.76. The number of carbonyl (C=O) groups excluding carboxylic acids is 2. The van der Waals surface area contributed by atoms with Gasteiger partial charge in [-0.1, -0.05) is 24.3 Å². The molecule has 0 aliphatic rings. The molecule has 0 aliphatic heterocycles. The Hall–Kier alpha value is -2.62. The summed E-state index contributed by atoms with van der Waals surface area (Å²) in [6, 6.07) is 13.4. The molecule has 0 bridgehead atoms. The first kappa shape index (κ1) is 12.8. The minimum atomic E-state index is -1.26. The second-order valence-corrected chi connectivity index (χ2v) is 4.14. The SMILES string of the molecule is Cc1ccc(NC(=O)c2ccccc2)cc1C(=O)[O-]. The monoisotopic (exact) mass is 254 g/mol. The van der Waals surface area contributed by atoms with Crippen molar-refractivity contribution < 1.29 is 14.7 Å². The number of hydrogen-bond acceptors (Lipinski definition) is 3. The van der Waals surface area contributed by atoms with Crippen LogP contribution in [0.4, 0.5) is 5.69 Å². The Bertz CT molecular complexity index is 621. The van der Waals surface area contributed by atoms with Crippen LogP contribution in [-0.4, -0.2) is 11.9 Å². The third-order valence-corrected chi connectivity index (χ3v) is 2.75. The van der Waals surface area contributed by atoms with E-state index < -0.39 is 5.97 Å². The van der Waals surface area contributed by atoms with E-state index in [1.165, 1.54) is 6.07 Å². The van der Waals surface area contributed by atoms with Gasteiger partial charge < -0.3 is 15.2 Å². The second-order valence-electron chi connectivity index (χ2n) is 4.14. The zero-order chi connectivity index (χ0) is 13.8. The lowest BCUT2D eigenvalue weighted by molar-refractivity contribution is -0.255. The van der Waals surface area contributed by atoms with Crippen molar-refractivity contribution in [3.8, 4) is 0 Å². The molecule has 2 rings (SSSR count). The van der Waals surface area contributed by atoms with Crippen molar-refractivity contribution in [1.82, 2.24) is 0 Å². The van der Waals surface area contributed by atoms with Crippen LogP contribution in [0.1, 0.15) is 26.3 Å². The third kappa shape index (κ3) is 2.98. The van der Waals surface area contributed by atoms with Crippen molar-refractivity contribution in [1.29, 1.82) is 0 Å². The molecule has 0 radical (unpaired) electrons. The maximum atomic E-state index is 11.9. The fourth-order valence-corrected chi connectivity index (χ4v) is 1.71. The molecule has 2 aromatic carbocycles. The number of amides is 1. The highest BCUT2D eigenvalue weighted by atomic mass is 16.4. The van der Waals surface area contributed by atoms with Crippen LogP contribution in [0.3, 0.4) is 0 Å². The first-order valence-electron chi connectivity index (χ1n) is 5.76. The van der Waals surface area contributed by atoms with Gasteiger partial charge in [0.1, 0.15) is 0 Å². The molecular formula is C15H12NO3-. The smallest absolute Gasteiger partial charge is 0.255 e. The second kappa shape index (κ2) is 5.35. The molecule has 96 valence electrons. The molecule has 2 aromatic rings. The number of rotatable bonds is 3. The quantitative estimate of drug-likeness (QED) is 0.904. The van der Waals surface area contributed by atoms with E-state index in [-0.39, 0.29) is 11.5 Å². The minimum absolute atomic E-state index is 0.0749. The maximum Gasteiger partial charge on any atom is 0.255 e. The molecule has 1 N–H and O–H groups in total. The van der Waals surface area contributed by atoms with Crippen LogP contribution in [-0.2, 0) is 0 Å². The molecule has 0 fully saturated rings. The number of carboxylic acid groups (broad SMARTS) is 1. The van der Waals surface area contributed by atoms with Gasteiger partial charge in [0.05, 0.1) is 5.97 Å². The van der Waals surface area contributed by atoms with Crippen LogP contribution in [0.25, 0.3) is 0 Å². The summed E-state index contributed by atoms with van der Waals surface area (Å²) in [7, 11) is 0. The van der Waals surface area contributed by atoms with Gasteiger partial charge in [-0.2, -0.15) is 0 Å². The predicted molar refractivity (Wildman–Crippen MR) is 69.9 cm³/mol. The molecule has 0 aromatic heterocycles. The van der Waals surface area contributed by atoms with Gasteiger partial charge >= 0.3 is 0 Å². The van der Waals surface area contributed by atoms with Crippen molar-refractivity contribution in [3.63, 3.8) is 0 Å². The lowest BCUT2D eigenvalue weighted by Gasteiger charge is -2.10. The van der Waals surface area contributed by atoms with Crippen LogP contribution in [0.5, 0.6) is 0 Å². The molecule has 0 atom stereocenters.